The Balaban J connectivity index is 4.92. The maximum Gasteiger partial charge on any atom is 0.335 e. The molecule has 0 saturated heterocycles. The second-order valence-corrected chi connectivity index (χ2v) is 4.01. The van der Waals surface area contributed by atoms with Gasteiger partial charge in [-0.15, -0.1) is 13.2 Å². The van der Waals surface area contributed by atoms with Crippen LogP contribution in [0.5, 0.6) is 0 Å². The summed E-state index contributed by atoms with van der Waals surface area (Å²) >= 11 is 0. The molecule has 0 nitrogen and oxygen atoms in total. The minimum absolute atomic E-state index is 0.184. The van der Waals surface area contributed by atoms with Crippen LogP contribution in [0, 0.1) is 0 Å². The zero-order valence-corrected chi connectivity index (χ0v) is 10.3. The molecule has 4 heteroatoms. The first-order chi connectivity index (χ1) is 8.21. The van der Waals surface area contributed by atoms with Crippen LogP contribution < -0.4 is 0 Å². The summed E-state index contributed by atoms with van der Waals surface area (Å²) in [4.78, 5) is 0. The lowest BCUT2D eigenvalue weighted by Gasteiger charge is -2.29. The molecule has 0 bridgehead atoms. The molecule has 0 aromatic carbocycles. The maximum atomic E-state index is 13.6. The highest BCUT2D eigenvalue weighted by molar-refractivity contribution is 5.24. The first-order valence-corrected chi connectivity index (χ1v) is 5.55. The van der Waals surface area contributed by atoms with E-state index in [2.05, 4.69) is 26.3 Å². The summed E-state index contributed by atoms with van der Waals surface area (Å²) in [5, 5.41) is 0. The predicted octanol–water partition coefficient (Wildman–Crippen LogP) is 5.30. The van der Waals surface area contributed by atoms with Crippen LogP contribution in [0.4, 0.5) is 17.6 Å². The average molecular weight is 262 g/mol. The van der Waals surface area contributed by atoms with Crippen molar-refractivity contribution >= 4 is 0 Å². The number of allylic oxidation sites excluding steroid dienone is 4. The largest absolute Gasteiger partial charge is 0.335 e. The zero-order chi connectivity index (χ0) is 14.4. The monoisotopic (exact) mass is 262 g/mol. The van der Waals surface area contributed by atoms with Gasteiger partial charge in [-0.2, -0.15) is 17.6 Å². The van der Waals surface area contributed by atoms with Gasteiger partial charge in [-0.25, -0.2) is 0 Å². The molecular formula is C14H18F4. The van der Waals surface area contributed by atoms with Crippen LogP contribution in [0.25, 0.3) is 0 Å². The number of alkyl halides is 4. The average Bonchev–Trinajstić information content (AvgIpc) is 2.32. The first-order valence-electron chi connectivity index (χ1n) is 5.55. The second kappa shape index (κ2) is 6.57. The second-order valence-electron chi connectivity index (χ2n) is 4.01. The van der Waals surface area contributed by atoms with Gasteiger partial charge in [0.05, 0.1) is 0 Å². The summed E-state index contributed by atoms with van der Waals surface area (Å²) in [5.74, 6) is -8.57. The standard InChI is InChI=1S/C14H18F4/c1-5-7-9-11(3)13(15,16)14(17,18)12(4)10-8-6-2/h5-6H,1-4,7-10H2. The Morgan fingerprint density at radius 1 is 0.778 bits per heavy atom. The van der Waals surface area contributed by atoms with Crippen LogP contribution in [0.3, 0.4) is 0 Å². The van der Waals surface area contributed by atoms with Crippen molar-refractivity contribution in [3.05, 3.63) is 49.6 Å². The number of hydrogen-bond acceptors (Lipinski definition) is 0. The van der Waals surface area contributed by atoms with Crippen LogP contribution >= 0.6 is 0 Å². The minimum Gasteiger partial charge on any atom is -0.194 e. The van der Waals surface area contributed by atoms with Crippen molar-refractivity contribution in [2.75, 3.05) is 0 Å². The molecule has 0 heterocycles. The van der Waals surface area contributed by atoms with Crippen molar-refractivity contribution in [3.8, 4) is 0 Å². The molecule has 0 aliphatic heterocycles. The van der Waals surface area contributed by atoms with E-state index in [0.29, 0.717) is 0 Å². The highest BCUT2D eigenvalue weighted by atomic mass is 19.3. The van der Waals surface area contributed by atoms with Gasteiger partial charge < -0.3 is 0 Å². The zero-order valence-electron chi connectivity index (χ0n) is 10.3. The molecule has 0 radical (unpaired) electrons. The molecule has 18 heavy (non-hydrogen) atoms. The van der Waals surface area contributed by atoms with E-state index in [9.17, 15) is 17.6 Å². The molecule has 0 rings (SSSR count). The van der Waals surface area contributed by atoms with E-state index in [1.54, 1.807) is 0 Å². The Bertz CT molecular complexity index is 306. The molecule has 0 unspecified atom stereocenters. The highest BCUT2D eigenvalue weighted by Crippen LogP contribution is 2.46. The van der Waals surface area contributed by atoms with Crippen molar-refractivity contribution in [3.63, 3.8) is 0 Å². The quantitative estimate of drug-likeness (QED) is 0.390. The van der Waals surface area contributed by atoms with Crippen LogP contribution in [-0.4, -0.2) is 11.8 Å². The summed E-state index contributed by atoms with van der Waals surface area (Å²) in [6.45, 7) is 12.8. The summed E-state index contributed by atoms with van der Waals surface area (Å²) < 4.78 is 54.5. The van der Waals surface area contributed by atoms with E-state index in [-0.39, 0.29) is 25.7 Å². The van der Waals surface area contributed by atoms with E-state index in [0.717, 1.165) is 0 Å². The van der Waals surface area contributed by atoms with Crippen LogP contribution in [0.15, 0.2) is 49.6 Å². The Labute approximate surface area is 105 Å². The molecule has 0 aromatic rings. The first kappa shape index (κ1) is 16.7. The summed E-state index contributed by atoms with van der Waals surface area (Å²) in [7, 11) is 0. The van der Waals surface area contributed by atoms with E-state index >= 15 is 0 Å². The fourth-order valence-electron chi connectivity index (χ4n) is 1.31. The number of halogens is 4. The van der Waals surface area contributed by atoms with Crippen molar-refractivity contribution in [1.82, 2.24) is 0 Å². The molecule has 0 spiro atoms. The lowest BCUT2D eigenvalue weighted by atomic mass is 9.92. The molecule has 0 atom stereocenters. The lowest BCUT2D eigenvalue weighted by Crippen LogP contribution is -2.43. The summed E-state index contributed by atoms with van der Waals surface area (Å²) in [6, 6.07) is 0. The third-order valence-electron chi connectivity index (χ3n) is 2.58. The van der Waals surface area contributed by atoms with Gasteiger partial charge in [0.1, 0.15) is 0 Å². The van der Waals surface area contributed by atoms with E-state index in [1.165, 1.54) is 12.2 Å². The van der Waals surface area contributed by atoms with Crippen molar-refractivity contribution in [2.45, 2.75) is 37.5 Å². The van der Waals surface area contributed by atoms with Crippen molar-refractivity contribution in [2.24, 2.45) is 0 Å². The Hall–Kier alpha value is -1.32. The van der Waals surface area contributed by atoms with Gasteiger partial charge in [0.2, 0.25) is 0 Å². The minimum atomic E-state index is -4.28. The van der Waals surface area contributed by atoms with Gasteiger partial charge in [-0.05, 0) is 36.8 Å². The van der Waals surface area contributed by atoms with Gasteiger partial charge in [0.15, 0.2) is 0 Å². The lowest BCUT2D eigenvalue weighted by molar-refractivity contribution is -0.163. The SMILES string of the molecule is C=CCCC(=C)C(F)(F)C(F)(F)C(=C)CCC=C. The third-order valence-corrected chi connectivity index (χ3v) is 2.58. The van der Waals surface area contributed by atoms with E-state index in [1.807, 2.05) is 0 Å². The molecule has 0 amide bonds. The smallest absolute Gasteiger partial charge is 0.194 e. The number of hydrogen-bond donors (Lipinski definition) is 0. The molecule has 102 valence electrons. The van der Waals surface area contributed by atoms with Crippen LogP contribution in [0.2, 0.25) is 0 Å². The van der Waals surface area contributed by atoms with Crippen LogP contribution in [-0.2, 0) is 0 Å². The fraction of sp³-hybridized carbons (Fsp3) is 0.429. The molecule has 0 aliphatic rings. The molecule has 0 N–H and O–H groups in total. The molecule has 0 aliphatic carbocycles. The maximum absolute atomic E-state index is 13.6. The van der Waals surface area contributed by atoms with Crippen LogP contribution in [0.1, 0.15) is 25.7 Å². The van der Waals surface area contributed by atoms with Gasteiger partial charge in [-0.3, -0.25) is 0 Å². The van der Waals surface area contributed by atoms with E-state index < -0.39 is 23.0 Å². The van der Waals surface area contributed by atoms with Crippen molar-refractivity contribution < 1.29 is 17.6 Å². The van der Waals surface area contributed by atoms with Gasteiger partial charge in [-0.1, -0.05) is 25.3 Å². The normalized spacial score (nSPS) is 12.0. The highest BCUT2D eigenvalue weighted by Gasteiger charge is 2.58. The Kier molecular flexibility index (Phi) is 6.09. The third kappa shape index (κ3) is 3.59. The summed E-state index contributed by atoms with van der Waals surface area (Å²) in [6.07, 6.45) is 2.69. The topological polar surface area (TPSA) is 0 Å². The molecule has 0 saturated carbocycles. The molecule has 0 aromatic heterocycles. The summed E-state index contributed by atoms with van der Waals surface area (Å²) in [5.41, 5.74) is -1.60. The Morgan fingerprint density at radius 2 is 1.06 bits per heavy atom. The fourth-order valence-corrected chi connectivity index (χ4v) is 1.31. The van der Waals surface area contributed by atoms with Gasteiger partial charge in [0.25, 0.3) is 0 Å². The predicted molar refractivity (Wildman–Crippen MR) is 67.0 cm³/mol. The van der Waals surface area contributed by atoms with Gasteiger partial charge in [0, 0.05) is 0 Å². The molecular weight excluding hydrogens is 244 g/mol. The van der Waals surface area contributed by atoms with Crippen molar-refractivity contribution in [1.29, 1.82) is 0 Å². The number of rotatable bonds is 9. The molecule has 0 fully saturated rings. The van der Waals surface area contributed by atoms with E-state index in [4.69, 9.17) is 0 Å². The Morgan fingerprint density at radius 3 is 1.28 bits per heavy atom. The van der Waals surface area contributed by atoms with Gasteiger partial charge >= 0.3 is 11.8 Å².